The fourth-order valence-corrected chi connectivity index (χ4v) is 3.47. The Morgan fingerprint density at radius 3 is 2.92 bits per heavy atom. The molecule has 0 unspecified atom stereocenters. The molecule has 1 aromatic heterocycles. The smallest absolute Gasteiger partial charge is 0.146 e. The minimum absolute atomic E-state index is 0.933. The van der Waals surface area contributed by atoms with Crippen LogP contribution in [0.5, 0.6) is 0 Å². The molecule has 72 valence electrons. The molecule has 1 aliphatic rings. The van der Waals surface area contributed by atoms with Gasteiger partial charge in [-0.1, -0.05) is 42.4 Å². The van der Waals surface area contributed by atoms with Crippen LogP contribution in [-0.2, 0) is 0 Å². The molecule has 1 aliphatic carbocycles. The first-order valence-electron chi connectivity index (χ1n) is 4.84. The molecule has 0 aliphatic heterocycles. The lowest BCUT2D eigenvalue weighted by Gasteiger charge is -2.20. The lowest BCUT2D eigenvalue weighted by Crippen LogP contribution is -2.08. The molecule has 2 nitrogen and oxygen atoms in total. The third-order valence-corrected chi connectivity index (χ3v) is 4.60. The zero-order valence-corrected chi connectivity index (χ0v) is 9.24. The van der Waals surface area contributed by atoms with Gasteiger partial charge < -0.3 is 0 Å². The van der Waals surface area contributed by atoms with Gasteiger partial charge in [-0.2, -0.15) is 0 Å². The van der Waals surface area contributed by atoms with Crippen LogP contribution in [0.4, 0.5) is 0 Å². The van der Waals surface area contributed by atoms with Crippen LogP contribution in [0.25, 0.3) is 0 Å². The van der Waals surface area contributed by atoms with E-state index in [1.807, 2.05) is 17.3 Å². The summed E-state index contributed by atoms with van der Waals surface area (Å²) < 4.78 is 1.13. The van der Waals surface area contributed by atoms with E-state index in [-0.39, 0.29) is 0 Å². The third-order valence-electron chi connectivity index (χ3n) is 2.51. The Balaban J connectivity index is 1.72. The van der Waals surface area contributed by atoms with Crippen molar-refractivity contribution < 1.29 is 0 Å². The van der Waals surface area contributed by atoms with Crippen molar-refractivity contribution in [2.75, 3.05) is 5.75 Å². The van der Waals surface area contributed by atoms with Crippen molar-refractivity contribution in [3.8, 4) is 0 Å². The number of aromatic nitrogens is 2. The van der Waals surface area contributed by atoms with Crippen molar-refractivity contribution in [2.24, 2.45) is 5.92 Å². The fraction of sp³-hybridized carbons (Fsp3) is 0.778. The normalized spacial score (nSPS) is 19.1. The lowest BCUT2D eigenvalue weighted by atomic mass is 9.91. The fourth-order valence-electron chi connectivity index (χ4n) is 1.77. The summed E-state index contributed by atoms with van der Waals surface area (Å²) in [6.45, 7) is 0. The van der Waals surface area contributed by atoms with Crippen LogP contribution in [0.1, 0.15) is 32.1 Å². The van der Waals surface area contributed by atoms with Crippen molar-refractivity contribution in [1.82, 2.24) is 10.2 Å². The van der Waals surface area contributed by atoms with Crippen LogP contribution in [0.3, 0.4) is 0 Å². The zero-order valence-electron chi connectivity index (χ0n) is 7.61. The Labute approximate surface area is 87.2 Å². The van der Waals surface area contributed by atoms with Gasteiger partial charge in [-0.05, 0) is 18.8 Å². The van der Waals surface area contributed by atoms with Gasteiger partial charge in [0.1, 0.15) is 5.51 Å². The average molecular weight is 214 g/mol. The molecule has 1 saturated carbocycles. The summed E-state index contributed by atoms with van der Waals surface area (Å²) >= 11 is 3.53. The highest BCUT2D eigenvalue weighted by Crippen LogP contribution is 2.30. The van der Waals surface area contributed by atoms with Gasteiger partial charge in [-0.15, -0.1) is 10.2 Å². The van der Waals surface area contributed by atoms with Gasteiger partial charge in [-0.25, -0.2) is 0 Å². The average Bonchev–Trinajstić information content (AvgIpc) is 2.69. The summed E-state index contributed by atoms with van der Waals surface area (Å²) in [5.41, 5.74) is 1.81. The number of rotatable bonds is 3. The van der Waals surface area contributed by atoms with Crippen LogP contribution in [0.15, 0.2) is 9.85 Å². The molecule has 0 atom stereocenters. The van der Waals surface area contributed by atoms with E-state index >= 15 is 0 Å². The summed E-state index contributed by atoms with van der Waals surface area (Å²) in [5, 5.41) is 7.87. The minimum Gasteiger partial charge on any atom is -0.146 e. The van der Waals surface area contributed by atoms with E-state index < -0.39 is 0 Å². The molecule has 0 saturated heterocycles. The third kappa shape index (κ3) is 2.95. The Hall–Kier alpha value is -0.0900. The maximum Gasteiger partial charge on any atom is 0.174 e. The first-order valence-corrected chi connectivity index (χ1v) is 6.70. The molecule has 1 aromatic rings. The molecule has 0 spiro atoms. The topological polar surface area (TPSA) is 25.8 Å². The molecule has 1 fully saturated rings. The molecule has 1 heterocycles. The Bertz CT molecular complexity index is 230. The van der Waals surface area contributed by atoms with Gasteiger partial charge in [0.2, 0.25) is 0 Å². The van der Waals surface area contributed by atoms with Crippen LogP contribution in [0, 0.1) is 5.92 Å². The molecular formula is C9H14N2S2. The van der Waals surface area contributed by atoms with Crippen LogP contribution in [-0.4, -0.2) is 16.0 Å². The van der Waals surface area contributed by atoms with Gasteiger partial charge in [0.15, 0.2) is 4.34 Å². The number of nitrogens with zero attached hydrogens (tertiary/aromatic N) is 2. The molecule has 4 heteroatoms. The monoisotopic (exact) mass is 214 g/mol. The summed E-state index contributed by atoms with van der Waals surface area (Å²) in [6, 6.07) is 0. The minimum atomic E-state index is 0.933. The maximum atomic E-state index is 4.03. The molecule has 0 amide bonds. The Morgan fingerprint density at radius 2 is 2.23 bits per heavy atom. The van der Waals surface area contributed by atoms with Crippen molar-refractivity contribution in [2.45, 2.75) is 36.4 Å². The second kappa shape index (κ2) is 4.96. The van der Waals surface area contributed by atoms with E-state index in [1.165, 1.54) is 37.9 Å². The zero-order chi connectivity index (χ0) is 8.93. The largest absolute Gasteiger partial charge is 0.174 e. The molecular weight excluding hydrogens is 200 g/mol. The highest BCUT2D eigenvalue weighted by Gasteiger charge is 2.13. The number of hydrogen-bond donors (Lipinski definition) is 0. The van der Waals surface area contributed by atoms with E-state index in [9.17, 15) is 0 Å². The van der Waals surface area contributed by atoms with Gasteiger partial charge >= 0.3 is 0 Å². The standard InChI is InChI=1S/C9H14N2S2/c1-2-4-8(5-3-1)6-12-9-11-10-7-13-9/h7-8H,1-6H2. The van der Waals surface area contributed by atoms with Crippen molar-refractivity contribution in [3.63, 3.8) is 0 Å². The van der Waals surface area contributed by atoms with E-state index in [2.05, 4.69) is 10.2 Å². The van der Waals surface area contributed by atoms with E-state index in [4.69, 9.17) is 0 Å². The second-order valence-corrected chi connectivity index (χ2v) is 5.62. The Morgan fingerprint density at radius 1 is 1.38 bits per heavy atom. The van der Waals surface area contributed by atoms with Gasteiger partial charge in [-0.3, -0.25) is 0 Å². The number of thioether (sulfide) groups is 1. The molecule has 0 radical (unpaired) electrons. The highest BCUT2D eigenvalue weighted by atomic mass is 32.2. The van der Waals surface area contributed by atoms with Gasteiger partial charge in [0.05, 0.1) is 0 Å². The second-order valence-electron chi connectivity index (χ2n) is 3.52. The number of hydrogen-bond acceptors (Lipinski definition) is 4. The van der Waals surface area contributed by atoms with Crippen LogP contribution >= 0.6 is 23.1 Å². The summed E-state index contributed by atoms with van der Waals surface area (Å²) in [5.74, 6) is 2.18. The van der Waals surface area contributed by atoms with E-state index in [1.54, 1.807) is 11.3 Å². The van der Waals surface area contributed by atoms with E-state index in [0.717, 1.165) is 10.3 Å². The summed E-state index contributed by atoms with van der Waals surface area (Å²) in [7, 11) is 0. The molecule has 13 heavy (non-hydrogen) atoms. The lowest BCUT2D eigenvalue weighted by molar-refractivity contribution is 0.391. The van der Waals surface area contributed by atoms with Crippen LogP contribution in [0.2, 0.25) is 0 Å². The quantitative estimate of drug-likeness (QED) is 0.723. The summed E-state index contributed by atoms with van der Waals surface area (Å²) in [6.07, 6.45) is 7.15. The molecule has 2 rings (SSSR count). The van der Waals surface area contributed by atoms with Gasteiger partial charge in [0, 0.05) is 5.75 Å². The highest BCUT2D eigenvalue weighted by molar-refractivity contribution is 8.01. The summed E-state index contributed by atoms with van der Waals surface area (Å²) in [4.78, 5) is 0. The SMILES string of the molecule is c1nnc(SCC2CCCCC2)s1. The van der Waals surface area contributed by atoms with Gasteiger partial charge in [0.25, 0.3) is 0 Å². The first-order chi connectivity index (χ1) is 6.45. The van der Waals surface area contributed by atoms with Crippen molar-refractivity contribution >= 4 is 23.1 Å². The first kappa shape index (κ1) is 9.46. The Kier molecular flexibility index (Phi) is 3.61. The predicted octanol–water partition coefficient (Wildman–Crippen LogP) is 3.21. The van der Waals surface area contributed by atoms with E-state index in [0.29, 0.717) is 0 Å². The van der Waals surface area contributed by atoms with Crippen molar-refractivity contribution in [3.05, 3.63) is 5.51 Å². The van der Waals surface area contributed by atoms with Crippen LogP contribution < -0.4 is 0 Å². The van der Waals surface area contributed by atoms with Crippen molar-refractivity contribution in [1.29, 1.82) is 0 Å². The molecule has 0 bridgehead atoms. The molecule has 0 aromatic carbocycles. The molecule has 0 N–H and O–H groups in total. The maximum absolute atomic E-state index is 4.03. The predicted molar refractivity (Wildman–Crippen MR) is 57.2 cm³/mol.